The van der Waals surface area contributed by atoms with Gasteiger partial charge in [-0.05, 0) is 45.0 Å². The van der Waals surface area contributed by atoms with Gasteiger partial charge in [-0.15, -0.1) is 0 Å². The van der Waals surface area contributed by atoms with Crippen LogP contribution < -0.4 is 10.6 Å². The molecule has 0 saturated carbocycles. The molecule has 2 aromatic heterocycles. The van der Waals surface area contributed by atoms with Crippen LogP contribution in [-0.2, 0) is 6.18 Å². The van der Waals surface area contributed by atoms with Crippen LogP contribution in [0.15, 0.2) is 36.4 Å². The maximum absolute atomic E-state index is 12.8. The quantitative estimate of drug-likeness (QED) is 0.599. The van der Waals surface area contributed by atoms with Crippen molar-refractivity contribution in [3.63, 3.8) is 0 Å². The predicted molar refractivity (Wildman–Crippen MR) is 106 cm³/mol. The van der Waals surface area contributed by atoms with Gasteiger partial charge in [-0.3, -0.25) is 4.79 Å². The Hall–Kier alpha value is -3.43. The van der Waals surface area contributed by atoms with E-state index in [1.54, 1.807) is 17.7 Å². The van der Waals surface area contributed by atoms with Crippen LogP contribution in [0.3, 0.4) is 0 Å². The molecule has 30 heavy (non-hydrogen) atoms. The summed E-state index contributed by atoms with van der Waals surface area (Å²) >= 11 is 0. The summed E-state index contributed by atoms with van der Waals surface area (Å²) in [5, 5.41) is 10.1. The van der Waals surface area contributed by atoms with Gasteiger partial charge < -0.3 is 10.6 Å². The molecule has 2 heterocycles. The molecule has 0 aliphatic carbocycles. The van der Waals surface area contributed by atoms with Gasteiger partial charge in [0.15, 0.2) is 5.82 Å². The van der Waals surface area contributed by atoms with Gasteiger partial charge >= 0.3 is 6.18 Å². The molecular weight excluding hydrogens is 397 g/mol. The Kier molecular flexibility index (Phi) is 6.04. The van der Waals surface area contributed by atoms with Crippen molar-refractivity contribution in [3.8, 4) is 5.82 Å². The largest absolute Gasteiger partial charge is 0.416 e. The normalized spacial score (nSPS) is 11.4. The Morgan fingerprint density at radius 1 is 1.07 bits per heavy atom. The molecule has 1 amide bonds. The van der Waals surface area contributed by atoms with Crippen molar-refractivity contribution < 1.29 is 18.0 Å². The zero-order chi connectivity index (χ0) is 21.9. The second-order valence-corrected chi connectivity index (χ2v) is 6.76. The summed E-state index contributed by atoms with van der Waals surface area (Å²) in [5.74, 6) is 1.14. The lowest BCUT2D eigenvalue weighted by Gasteiger charge is -2.11. The average molecular weight is 418 g/mol. The summed E-state index contributed by atoms with van der Waals surface area (Å²) in [6, 6.07) is 7.98. The van der Waals surface area contributed by atoms with Crippen LogP contribution in [0, 0.1) is 20.8 Å². The highest BCUT2D eigenvalue weighted by molar-refractivity contribution is 5.94. The van der Waals surface area contributed by atoms with Crippen molar-refractivity contribution >= 4 is 11.7 Å². The number of aromatic nitrogens is 4. The summed E-state index contributed by atoms with van der Waals surface area (Å²) in [7, 11) is 0. The van der Waals surface area contributed by atoms with Crippen molar-refractivity contribution in [1.29, 1.82) is 0 Å². The molecule has 2 N–H and O–H groups in total. The van der Waals surface area contributed by atoms with Crippen LogP contribution in [-0.4, -0.2) is 38.7 Å². The number of halogens is 3. The number of nitrogens with one attached hydrogen (secondary N) is 2. The molecule has 7 nitrogen and oxygen atoms in total. The first kappa shape index (κ1) is 21.3. The number of rotatable bonds is 6. The molecular formula is C20H21F3N6O. The summed E-state index contributed by atoms with van der Waals surface area (Å²) in [6.07, 6.45) is -4.49. The third-order valence-electron chi connectivity index (χ3n) is 4.22. The summed E-state index contributed by atoms with van der Waals surface area (Å²) in [4.78, 5) is 20.8. The topological polar surface area (TPSA) is 84.7 Å². The van der Waals surface area contributed by atoms with E-state index in [0.717, 1.165) is 23.5 Å². The minimum absolute atomic E-state index is 0.0467. The Morgan fingerprint density at radius 3 is 2.50 bits per heavy atom. The zero-order valence-corrected chi connectivity index (χ0v) is 16.7. The molecule has 158 valence electrons. The number of hydrogen-bond donors (Lipinski definition) is 2. The third-order valence-corrected chi connectivity index (χ3v) is 4.22. The number of anilines is 1. The molecule has 0 aliphatic rings. The number of aryl methyl sites for hydroxylation is 3. The van der Waals surface area contributed by atoms with Crippen molar-refractivity contribution in [2.24, 2.45) is 0 Å². The van der Waals surface area contributed by atoms with Crippen LogP contribution in [0.5, 0.6) is 0 Å². The number of hydrogen-bond acceptors (Lipinski definition) is 5. The monoisotopic (exact) mass is 418 g/mol. The minimum atomic E-state index is -4.49. The van der Waals surface area contributed by atoms with E-state index < -0.39 is 17.6 Å². The summed E-state index contributed by atoms with van der Waals surface area (Å²) in [5.41, 5.74) is 0.899. The molecule has 0 unspecified atom stereocenters. The fourth-order valence-electron chi connectivity index (χ4n) is 2.92. The van der Waals surface area contributed by atoms with E-state index in [4.69, 9.17) is 0 Å². The lowest BCUT2D eigenvalue weighted by atomic mass is 10.1. The number of carbonyl (C=O) groups excluding carboxylic acids is 1. The average Bonchev–Trinajstić information content (AvgIpc) is 3.02. The highest BCUT2D eigenvalue weighted by atomic mass is 19.4. The van der Waals surface area contributed by atoms with Crippen molar-refractivity contribution in [2.45, 2.75) is 26.9 Å². The number of alkyl halides is 3. The van der Waals surface area contributed by atoms with E-state index >= 15 is 0 Å². The molecule has 3 rings (SSSR count). The smallest absolute Gasteiger partial charge is 0.368 e. The van der Waals surface area contributed by atoms with E-state index in [-0.39, 0.29) is 12.1 Å². The molecule has 0 aliphatic heterocycles. The number of nitrogens with zero attached hydrogens (tertiary/aromatic N) is 4. The molecule has 10 heteroatoms. The van der Waals surface area contributed by atoms with Crippen LogP contribution >= 0.6 is 0 Å². The van der Waals surface area contributed by atoms with Gasteiger partial charge in [0.05, 0.1) is 11.3 Å². The molecule has 0 spiro atoms. The number of carbonyl (C=O) groups is 1. The minimum Gasteiger partial charge on any atom is -0.368 e. The first-order chi connectivity index (χ1) is 14.1. The molecule has 0 bridgehead atoms. The SMILES string of the molecule is Cc1cc(C)n(-c2cc(NCCNC(=O)c3cccc(C(F)(F)F)c3)nc(C)n2)n1. The molecule has 3 aromatic rings. The maximum atomic E-state index is 12.8. The lowest BCUT2D eigenvalue weighted by Crippen LogP contribution is -2.29. The van der Waals surface area contributed by atoms with Gasteiger partial charge in [-0.2, -0.15) is 18.3 Å². The second-order valence-electron chi connectivity index (χ2n) is 6.76. The molecule has 0 saturated heterocycles. The standard InChI is InChI=1S/C20H21F3N6O/c1-12-9-13(2)29(28-12)18-11-17(26-14(3)27-18)24-7-8-25-19(30)15-5-4-6-16(10-15)20(21,22)23/h4-6,9-11H,7-8H2,1-3H3,(H,25,30)(H,24,26,27). The summed E-state index contributed by atoms with van der Waals surface area (Å²) in [6.45, 7) is 6.11. The Morgan fingerprint density at radius 2 is 1.83 bits per heavy atom. The molecule has 0 fully saturated rings. The highest BCUT2D eigenvalue weighted by Crippen LogP contribution is 2.29. The van der Waals surface area contributed by atoms with E-state index in [1.807, 2.05) is 19.9 Å². The Bertz CT molecular complexity index is 1060. The molecule has 0 atom stereocenters. The van der Waals surface area contributed by atoms with E-state index in [9.17, 15) is 18.0 Å². The first-order valence-electron chi connectivity index (χ1n) is 9.22. The van der Waals surface area contributed by atoms with E-state index in [0.29, 0.717) is 24.0 Å². The van der Waals surface area contributed by atoms with Crippen LogP contribution in [0.1, 0.15) is 33.1 Å². The second kappa shape index (κ2) is 8.52. The van der Waals surface area contributed by atoms with Crippen LogP contribution in [0.2, 0.25) is 0 Å². The number of amides is 1. The fraction of sp³-hybridized carbons (Fsp3) is 0.300. The van der Waals surface area contributed by atoms with Gasteiger partial charge in [0.1, 0.15) is 11.6 Å². The maximum Gasteiger partial charge on any atom is 0.416 e. The molecule has 0 radical (unpaired) electrons. The van der Waals surface area contributed by atoms with Crippen LogP contribution in [0.25, 0.3) is 5.82 Å². The van der Waals surface area contributed by atoms with Crippen molar-refractivity contribution in [3.05, 3.63) is 64.7 Å². The zero-order valence-electron chi connectivity index (χ0n) is 16.7. The van der Waals surface area contributed by atoms with Gasteiger partial charge in [0, 0.05) is 30.4 Å². The fourth-order valence-corrected chi connectivity index (χ4v) is 2.92. The van der Waals surface area contributed by atoms with E-state index in [1.165, 1.54) is 12.1 Å². The highest BCUT2D eigenvalue weighted by Gasteiger charge is 2.30. The van der Waals surface area contributed by atoms with Crippen LogP contribution in [0.4, 0.5) is 19.0 Å². The molecule has 1 aromatic carbocycles. The Balaban J connectivity index is 1.59. The predicted octanol–water partition coefficient (Wildman–Crippen LogP) is 3.45. The van der Waals surface area contributed by atoms with Gasteiger partial charge in [0.2, 0.25) is 0 Å². The van der Waals surface area contributed by atoms with Crippen molar-refractivity contribution in [1.82, 2.24) is 25.1 Å². The third kappa shape index (κ3) is 5.13. The van der Waals surface area contributed by atoms with Crippen molar-refractivity contribution in [2.75, 3.05) is 18.4 Å². The van der Waals surface area contributed by atoms with Gasteiger partial charge in [-0.25, -0.2) is 14.6 Å². The summed E-state index contributed by atoms with van der Waals surface area (Å²) < 4.78 is 40.1. The van der Waals surface area contributed by atoms with Gasteiger partial charge in [0.25, 0.3) is 5.91 Å². The van der Waals surface area contributed by atoms with E-state index in [2.05, 4.69) is 25.7 Å². The number of benzene rings is 1. The Labute approximate surface area is 171 Å². The lowest BCUT2D eigenvalue weighted by molar-refractivity contribution is -0.137. The first-order valence-corrected chi connectivity index (χ1v) is 9.22. The van der Waals surface area contributed by atoms with Gasteiger partial charge in [-0.1, -0.05) is 6.07 Å².